The van der Waals surface area contributed by atoms with Crippen LogP contribution in [-0.2, 0) is 4.79 Å². The Morgan fingerprint density at radius 1 is 1.09 bits per heavy atom. The van der Waals surface area contributed by atoms with Crippen LogP contribution in [0.4, 0.5) is 5.69 Å². The molecule has 0 unspecified atom stereocenters. The van der Waals surface area contributed by atoms with E-state index in [1.807, 2.05) is 0 Å². The lowest BCUT2D eigenvalue weighted by molar-refractivity contribution is -0.111. The molecule has 1 N–H and O–H groups in total. The summed E-state index contributed by atoms with van der Waals surface area (Å²) < 4.78 is 10.4. The summed E-state index contributed by atoms with van der Waals surface area (Å²) in [5, 5.41) is 3.57. The lowest BCUT2D eigenvalue weighted by Crippen LogP contribution is -2.08. The van der Waals surface area contributed by atoms with Gasteiger partial charge in [-0.3, -0.25) is 4.79 Å². The molecule has 1 amide bonds. The van der Waals surface area contributed by atoms with Gasteiger partial charge in [-0.1, -0.05) is 23.2 Å². The molecule has 0 atom stereocenters. The van der Waals surface area contributed by atoms with Crippen molar-refractivity contribution in [2.75, 3.05) is 19.5 Å². The molecule has 2 rings (SSSR count). The van der Waals surface area contributed by atoms with Crippen molar-refractivity contribution in [2.24, 2.45) is 0 Å². The summed E-state index contributed by atoms with van der Waals surface area (Å²) in [5.41, 5.74) is 1.25. The topological polar surface area (TPSA) is 47.6 Å². The summed E-state index contributed by atoms with van der Waals surface area (Å²) in [7, 11) is 3.13. The third-order valence-corrected chi connectivity index (χ3v) is 3.59. The molecule has 23 heavy (non-hydrogen) atoms. The van der Waals surface area contributed by atoms with E-state index in [0.29, 0.717) is 27.2 Å². The number of hydrogen-bond donors (Lipinski definition) is 1. The van der Waals surface area contributed by atoms with Crippen molar-refractivity contribution < 1.29 is 14.3 Å². The van der Waals surface area contributed by atoms with Gasteiger partial charge in [-0.2, -0.15) is 0 Å². The Hall–Kier alpha value is -2.17. The summed E-state index contributed by atoms with van der Waals surface area (Å²) in [6, 6.07) is 10.2. The van der Waals surface area contributed by atoms with Crippen molar-refractivity contribution >= 4 is 40.9 Å². The van der Waals surface area contributed by atoms with E-state index in [1.54, 1.807) is 56.7 Å². The number of rotatable bonds is 5. The number of halogens is 2. The maximum Gasteiger partial charge on any atom is 0.248 e. The summed E-state index contributed by atoms with van der Waals surface area (Å²) >= 11 is 11.8. The Labute approximate surface area is 144 Å². The average molecular weight is 352 g/mol. The predicted molar refractivity (Wildman–Crippen MR) is 93.7 cm³/mol. The highest BCUT2D eigenvalue weighted by Gasteiger charge is 2.05. The van der Waals surface area contributed by atoms with Crippen LogP contribution >= 0.6 is 23.2 Å². The highest BCUT2D eigenvalue weighted by atomic mass is 35.5. The van der Waals surface area contributed by atoms with Gasteiger partial charge in [0.2, 0.25) is 5.91 Å². The Balaban J connectivity index is 2.12. The lowest BCUT2D eigenvalue weighted by atomic mass is 10.1. The zero-order valence-corrected chi connectivity index (χ0v) is 14.1. The molecule has 0 saturated heterocycles. The van der Waals surface area contributed by atoms with Gasteiger partial charge in [0.25, 0.3) is 0 Å². The van der Waals surface area contributed by atoms with Crippen molar-refractivity contribution in [3.8, 4) is 11.5 Å². The first kappa shape index (κ1) is 17.2. The Bertz CT molecular complexity index is 745. The highest BCUT2D eigenvalue weighted by molar-refractivity contribution is 6.36. The van der Waals surface area contributed by atoms with Gasteiger partial charge < -0.3 is 14.8 Å². The first-order valence-corrected chi connectivity index (χ1v) is 7.45. The highest BCUT2D eigenvalue weighted by Crippen LogP contribution is 2.27. The molecule has 2 aromatic rings. The van der Waals surface area contributed by atoms with Crippen molar-refractivity contribution in [3.63, 3.8) is 0 Å². The van der Waals surface area contributed by atoms with E-state index in [-0.39, 0.29) is 5.91 Å². The number of benzene rings is 2. The number of methoxy groups -OCH3 is 2. The molecule has 120 valence electrons. The van der Waals surface area contributed by atoms with Crippen LogP contribution in [0.2, 0.25) is 10.0 Å². The lowest BCUT2D eigenvalue weighted by Gasteiger charge is -2.07. The van der Waals surface area contributed by atoms with Gasteiger partial charge >= 0.3 is 0 Å². The molecular formula is C17H15Cl2NO3. The minimum atomic E-state index is -0.313. The smallest absolute Gasteiger partial charge is 0.248 e. The molecule has 0 fully saturated rings. The van der Waals surface area contributed by atoms with Gasteiger partial charge in [-0.05, 0) is 36.4 Å². The number of amides is 1. The van der Waals surface area contributed by atoms with Crippen LogP contribution in [0.1, 0.15) is 5.56 Å². The van der Waals surface area contributed by atoms with Crippen LogP contribution in [0.15, 0.2) is 42.5 Å². The van der Waals surface area contributed by atoms with Gasteiger partial charge in [-0.25, -0.2) is 0 Å². The maximum absolute atomic E-state index is 12.0. The predicted octanol–water partition coefficient (Wildman–Crippen LogP) is 4.66. The van der Waals surface area contributed by atoms with Crippen molar-refractivity contribution in [1.29, 1.82) is 0 Å². The van der Waals surface area contributed by atoms with Gasteiger partial charge in [0, 0.05) is 22.7 Å². The number of anilines is 1. The fraction of sp³-hybridized carbons (Fsp3) is 0.118. The largest absolute Gasteiger partial charge is 0.497 e. The van der Waals surface area contributed by atoms with Crippen molar-refractivity contribution in [3.05, 3.63) is 58.1 Å². The van der Waals surface area contributed by atoms with Gasteiger partial charge in [0.15, 0.2) is 0 Å². The van der Waals surface area contributed by atoms with Crippen LogP contribution in [0.3, 0.4) is 0 Å². The molecule has 0 aliphatic rings. The molecule has 2 aromatic carbocycles. The van der Waals surface area contributed by atoms with E-state index in [9.17, 15) is 4.79 Å². The fourth-order valence-electron chi connectivity index (χ4n) is 1.89. The van der Waals surface area contributed by atoms with E-state index in [4.69, 9.17) is 32.7 Å². The second-order valence-electron chi connectivity index (χ2n) is 4.55. The zero-order valence-electron chi connectivity index (χ0n) is 12.6. The summed E-state index contributed by atoms with van der Waals surface area (Å²) in [5.74, 6) is 0.974. The fourth-order valence-corrected chi connectivity index (χ4v) is 2.34. The number of nitrogens with one attached hydrogen (secondary N) is 1. The molecule has 0 aliphatic heterocycles. The Kier molecular flexibility index (Phi) is 5.90. The van der Waals surface area contributed by atoms with Crippen molar-refractivity contribution in [2.45, 2.75) is 0 Å². The van der Waals surface area contributed by atoms with E-state index in [0.717, 1.165) is 5.56 Å². The summed E-state index contributed by atoms with van der Waals surface area (Å²) in [6.07, 6.45) is 3.05. The van der Waals surface area contributed by atoms with Crippen LogP contribution in [0.25, 0.3) is 6.08 Å². The molecule has 0 aromatic heterocycles. The third kappa shape index (κ3) is 4.65. The van der Waals surface area contributed by atoms with Gasteiger partial charge in [-0.15, -0.1) is 0 Å². The standard InChI is InChI=1S/C17H15Cl2NO3/c1-22-13-6-3-11(16(10-13)23-2)4-8-17(21)20-15-7-5-12(18)9-14(15)19/h3-10H,1-2H3,(H,20,21). The molecule has 0 heterocycles. The molecule has 4 nitrogen and oxygen atoms in total. The quantitative estimate of drug-likeness (QED) is 0.796. The van der Waals surface area contributed by atoms with Gasteiger partial charge in [0.05, 0.1) is 24.9 Å². The SMILES string of the molecule is COc1ccc(C=CC(=O)Nc2ccc(Cl)cc2Cl)c(OC)c1. The molecule has 0 saturated carbocycles. The monoisotopic (exact) mass is 351 g/mol. The molecule has 0 radical (unpaired) electrons. The number of hydrogen-bond acceptors (Lipinski definition) is 3. The first-order chi connectivity index (χ1) is 11.0. The van der Waals surface area contributed by atoms with E-state index >= 15 is 0 Å². The molecule has 0 aliphatic carbocycles. The third-order valence-electron chi connectivity index (χ3n) is 3.04. The van der Waals surface area contributed by atoms with Crippen LogP contribution in [-0.4, -0.2) is 20.1 Å². The molecule has 6 heteroatoms. The van der Waals surface area contributed by atoms with Crippen LogP contribution < -0.4 is 14.8 Å². The van der Waals surface area contributed by atoms with Crippen LogP contribution in [0, 0.1) is 0 Å². The van der Waals surface area contributed by atoms with Crippen LogP contribution in [0.5, 0.6) is 11.5 Å². The minimum absolute atomic E-state index is 0.313. The van der Waals surface area contributed by atoms with E-state index < -0.39 is 0 Å². The van der Waals surface area contributed by atoms with E-state index in [2.05, 4.69) is 5.32 Å². The second-order valence-corrected chi connectivity index (χ2v) is 5.40. The average Bonchev–Trinajstić information content (AvgIpc) is 2.55. The maximum atomic E-state index is 12.0. The summed E-state index contributed by atoms with van der Waals surface area (Å²) in [4.78, 5) is 12.0. The first-order valence-electron chi connectivity index (χ1n) is 6.69. The Morgan fingerprint density at radius 2 is 1.87 bits per heavy atom. The van der Waals surface area contributed by atoms with E-state index in [1.165, 1.54) is 6.08 Å². The summed E-state index contributed by atoms with van der Waals surface area (Å²) in [6.45, 7) is 0. The second kappa shape index (κ2) is 7.90. The minimum Gasteiger partial charge on any atom is -0.497 e. The number of ether oxygens (including phenoxy) is 2. The zero-order chi connectivity index (χ0) is 16.8. The molecule has 0 bridgehead atoms. The number of carbonyl (C=O) groups excluding carboxylic acids is 1. The van der Waals surface area contributed by atoms with Crippen molar-refractivity contribution in [1.82, 2.24) is 0 Å². The Morgan fingerprint density at radius 3 is 2.52 bits per heavy atom. The molecular weight excluding hydrogens is 337 g/mol. The number of carbonyl (C=O) groups is 1. The molecule has 0 spiro atoms. The normalized spacial score (nSPS) is 10.6. The van der Waals surface area contributed by atoms with Gasteiger partial charge in [0.1, 0.15) is 11.5 Å².